The van der Waals surface area contributed by atoms with Gasteiger partial charge < -0.3 is 0 Å². The second-order valence-electron chi connectivity index (χ2n) is 2.74. The Bertz CT molecular complexity index is 102. The van der Waals surface area contributed by atoms with Gasteiger partial charge in [-0.2, -0.15) is 5.10 Å². The highest BCUT2D eigenvalue weighted by molar-refractivity contribution is 5.52. The van der Waals surface area contributed by atoms with Gasteiger partial charge in [-0.1, -0.05) is 12.8 Å². The Hall–Kier alpha value is -0.530. The molecule has 2 nitrogen and oxygen atoms in total. The van der Waals surface area contributed by atoms with Crippen LogP contribution in [0.3, 0.4) is 0 Å². The average Bonchev–Trinajstić information content (AvgIpc) is 2.17. The zero-order valence-corrected chi connectivity index (χ0v) is 6.71. The molecule has 1 fully saturated rings. The van der Waals surface area contributed by atoms with Gasteiger partial charge in [-0.05, 0) is 19.8 Å². The van der Waals surface area contributed by atoms with Crippen LogP contribution in [0.2, 0.25) is 0 Å². The van der Waals surface area contributed by atoms with Crippen LogP contribution in [-0.4, -0.2) is 24.3 Å². The lowest BCUT2D eigenvalue weighted by atomic mass is 10.2. The third kappa shape index (κ3) is 2.38. The molecule has 0 atom stereocenters. The van der Waals surface area contributed by atoms with Crippen LogP contribution in [-0.2, 0) is 0 Å². The van der Waals surface area contributed by atoms with Gasteiger partial charge in [0.15, 0.2) is 0 Å². The van der Waals surface area contributed by atoms with E-state index in [1.165, 1.54) is 25.7 Å². The Labute approximate surface area is 62.9 Å². The molecule has 0 aromatic rings. The summed E-state index contributed by atoms with van der Waals surface area (Å²) in [6, 6.07) is 0. The van der Waals surface area contributed by atoms with E-state index in [1.807, 2.05) is 13.1 Å². The standard InChI is InChI=1S/C8H16N2/c1-2-9-10-7-5-3-4-6-8-10/h2H,3-8H2,1H3. The lowest BCUT2D eigenvalue weighted by Gasteiger charge is -2.14. The van der Waals surface area contributed by atoms with Gasteiger partial charge >= 0.3 is 0 Å². The van der Waals surface area contributed by atoms with Gasteiger partial charge in [-0.15, -0.1) is 0 Å². The molecule has 0 amide bonds. The van der Waals surface area contributed by atoms with Crippen molar-refractivity contribution in [3.63, 3.8) is 0 Å². The molecule has 0 spiro atoms. The van der Waals surface area contributed by atoms with Crippen molar-refractivity contribution >= 4 is 6.21 Å². The minimum Gasteiger partial charge on any atom is -0.297 e. The van der Waals surface area contributed by atoms with Crippen LogP contribution >= 0.6 is 0 Å². The summed E-state index contributed by atoms with van der Waals surface area (Å²) in [5.41, 5.74) is 0. The number of hydrazone groups is 1. The lowest BCUT2D eigenvalue weighted by molar-refractivity contribution is 0.302. The van der Waals surface area contributed by atoms with E-state index in [4.69, 9.17) is 0 Å². The largest absolute Gasteiger partial charge is 0.297 e. The third-order valence-electron chi connectivity index (χ3n) is 1.86. The second kappa shape index (κ2) is 4.31. The first-order chi connectivity index (χ1) is 4.93. The fourth-order valence-corrected chi connectivity index (χ4v) is 1.33. The predicted molar refractivity (Wildman–Crippen MR) is 44.2 cm³/mol. The van der Waals surface area contributed by atoms with Gasteiger partial charge in [0.2, 0.25) is 0 Å². The zero-order chi connectivity index (χ0) is 7.23. The molecule has 58 valence electrons. The highest BCUT2D eigenvalue weighted by Crippen LogP contribution is 2.08. The molecule has 1 rings (SSSR count). The Morgan fingerprint density at radius 3 is 2.20 bits per heavy atom. The topological polar surface area (TPSA) is 15.6 Å². The predicted octanol–water partition coefficient (Wildman–Crippen LogP) is 1.87. The van der Waals surface area contributed by atoms with Crippen LogP contribution in [0.1, 0.15) is 32.6 Å². The summed E-state index contributed by atoms with van der Waals surface area (Å²) in [7, 11) is 0. The van der Waals surface area contributed by atoms with Gasteiger partial charge in [-0.25, -0.2) is 0 Å². The van der Waals surface area contributed by atoms with Crippen LogP contribution in [0.25, 0.3) is 0 Å². The molecule has 0 aliphatic carbocycles. The van der Waals surface area contributed by atoms with Crippen molar-refractivity contribution in [2.75, 3.05) is 13.1 Å². The maximum absolute atomic E-state index is 4.25. The van der Waals surface area contributed by atoms with Gasteiger partial charge in [0.25, 0.3) is 0 Å². The Morgan fingerprint density at radius 2 is 1.70 bits per heavy atom. The third-order valence-corrected chi connectivity index (χ3v) is 1.86. The van der Waals surface area contributed by atoms with Crippen LogP contribution in [0.4, 0.5) is 0 Å². The monoisotopic (exact) mass is 140 g/mol. The van der Waals surface area contributed by atoms with Crippen molar-refractivity contribution in [1.29, 1.82) is 0 Å². The first-order valence-corrected chi connectivity index (χ1v) is 4.17. The molecule has 0 bridgehead atoms. The molecule has 0 radical (unpaired) electrons. The summed E-state index contributed by atoms with van der Waals surface area (Å²) >= 11 is 0. The van der Waals surface area contributed by atoms with Crippen molar-refractivity contribution < 1.29 is 0 Å². The summed E-state index contributed by atoms with van der Waals surface area (Å²) in [6.07, 6.45) is 7.28. The fraction of sp³-hybridized carbons (Fsp3) is 0.875. The lowest BCUT2D eigenvalue weighted by Crippen LogP contribution is -2.17. The van der Waals surface area contributed by atoms with E-state index in [9.17, 15) is 0 Å². The Balaban J connectivity index is 2.28. The van der Waals surface area contributed by atoms with Gasteiger partial charge in [0.05, 0.1) is 0 Å². The van der Waals surface area contributed by atoms with Crippen molar-refractivity contribution in [1.82, 2.24) is 5.01 Å². The Kier molecular flexibility index (Phi) is 3.27. The summed E-state index contributed by atoms with van der Waals surface area (Å²) in [4.78, 5) is 0. The molecule has 1 heterocycles. The molecule has 10 heavy (non-hydrogen) atoms. The summed E-state index contributed by atoms with van der Waals surface area (Å²) in [6.45, 7) is 4.29. The van der Waals surface area contributed by atoms with E-state index in [0.29, 0.717) is 0 Å². The maximum atomic E-state index is 4.25. The van der Waals surface area contributed by atoms with Crippen LogP contribution in [0, 0.1) is 0 Å². The molecule has 0 aromatic heterocycles. The number of hydrogen-bond donors (Lipinski definition) is 0. The minimum absolute atomic E-state index is 1.16. The van der Waals surface area contributed by atoms with Gasteiger partial charge in [0.1, 0.15) is 0 Å². The molecule has 2 heteroatoms. The quantitative estimate of drug-likeness (QED) is 0.508. The number of hydrogen-bond acceptors (Lipinski definition) is 2. The Morgan fingerprint density at radius 1 is 1.10 bits per heavy atom. The summed E-state index contributed by atoms with van der Waals surface area (Å²) < 4.78 is 0. The van der Waals surface area contributed by atoms with E-state index < -0.39 is 0 Å². The average molecular weight is 140 g/mol. The summed E-state index contributed by atoms with van der Waals surface area (Å²) in [5.74, 6) is 0. The van der Waals surface area contributed by atoms with Crippen LogP contribution in [0.15, 0.2) is 5.10 Å². The molecule has 1 aliphatic rings. The van der Waals surface area contributed by atoms with Crippen LogP contribution < -0.4 is 0 Å². The van der Waals surface area contributed by atoms with Crippen molar-refractivity contribution in [3.8, 4) is 0 Å². The number of rotatable bonds is 1. The van der Waals surface area contributed by atoms with Crippen LogP contribution in [0.5, 0.6) is 0 Å². The molecule has 0 N–H and O–H groups in total. The SMILES string of the molecule is CC=NN1CCCCCC1. The minimum atomic E-state index is 1.16. The van der Waals surface area contributed by atoms with Crippen molar-refractivity contribution in [2.24, 2.45) is 5.10 Å². The molecule has 0 saturated carbocycles. The molecule has 0 unspecified atom stereocenters. The van der Waals surface area contributed by atoms with E-state index in [1.54, 1.807) is 0 Å². The number of nitrogens with zero attached hydrogens (tertiary/aromatic N) is 2. The van der Waals surface area contributed by atoms with Gasteiger partial charge in [0, 0.05) is 19.3 Å². The van der Waals surface area contributed by atoms with E-state index >= 15 is 0 Å². The van der Waals surface area contributed by atoms with Crippen molar-refractivity contribution in [3.05, 3.63) is 0 Å². The van der Waals surface area contributed by atoms with E-state index in [-0.39, 0.29) is 0 Å². The van der Waals surface area contributed by atoms with E-state index in [2.05, 4.69) is 10.1 Å². The summed E-state index contributed by atoms with van der Waals surface area (Å²) in [5, 5.41) is 6.43. The first-order valence-electron chi connectivity index (χ1n) is 4.17. The van der Waals surface area contributed by atoms with Crippen molar-refractivity contribution in [2.45, 2.75) is 32.6 Å². The molecule has 1 saturated heterocycles. The zero-order valence-electron chi connectivity index (χ0n) is 6.71. The molecule has 1 aliphatic heterocycles. The molecular formula is C8H16N2. The molecule has 0 aromatic carbocycles. The first kappa shape index (κ1) is 7.58. The fourth-order valence-electron chi connectivity index (χ4n) is 1.33. The smallest absolute Gasteiger partial charge is 0.0360 e. The molecular weight excluding hydrogens is 124 g/mol. The van der Waals surface area contributed by atoms with E-state index in [0.717, 1.165) is 13.1 Å². The highest BCUT2D eigenvalue weighted by atomic mass is 15.4. The maximum Gasteiger partial charge on any atom is 0.0360 e. The highest BCUT2D eigenvalue weighted by Gasteiger charge is 2.03. The normalized spacial score (nSPS) is 21.5. The van der Waals surface area contributed by atoms with Gasteiger partial charge in [-0.3, -0.25) is 5.01 Å². The second-order valence-corrected chi connectivity index (χ2v) is 2.74.